The van der Waals surface area contributed by atoms with Gasteiger partial charge in [0.1, 0.15) is 5.75 Å². The zero-order valence-corrected chi connectivity index (χ0v) is 24.7. The molecule has 8 heteroatoms. The summed E-state index contributed by atoms with van der Waals surface area (Å²) >= 11 is 6.39. The van der Waals surface area contributed by atoms with Gasteiger partial charge in [0, 0.05) is 23.5 Å². The number of carbonyl (C=O) groups is 1. The fourth-order valence-corrected chi connectivity index (χ4v) is 9.17. The van der Waals surface area contributed by atoms with Crippen molar-refractivity contribution in [2.24, 2.45) is 17.3 Å². The van der Waals surface area contributed by atoms with Gasteiger partial charge < -0.3 is 9.64 Å². The van der Waals surface area contributed by atoms with Gasteiger partial charge in [-0.05, 0) is 105 Å². The fraction of sp³-hybridized carbons (Fsp3) is 0.594. The molecule has 1 amide bonds. The van der Waals surface area contributed by atoms with Gasteiger partial charge in [-0.25, -0.2) is 13.1 Å². The van der Waals surface area contributed by atoms with Crippen LogP contribution >= 0.6 is 11.6 Å². The molecule has 1 N–H and O–H groups in total. The third-order valence-corrected chi connectivity index (χ3v) is 12.2. The number of rotatable bonds is 0. The molecule has 0 aromatic heterocycles. The third-order valence-electron chi connectivity index (χ3n) is 10.6. The first kappa shape index (κ1) is 26.6. The molecule has 2 heterocycles. The van der Waals surface area contributed by atoms with Crippen molar-refractivity contribution in [3.8, 4) is 5.75 Å². The molecule has 214 valence electrons. The predicted molar refractivity (Wildman–Crippen MR) is 157 cm³/mol. The summed E-state index contributed by atoms with van der Waals surface area (Å²) in [6, 6.07) is 11.4. The van der Waals surface area contributed by atoms with Gasteiger partial charge in [0.25, 0.3) is 10.0 Å². The second kappa shape index (κ2) is 9.94. The minimum Gasteiger partial charge on any atom is -0.490 e. The Kier molecular flexibility index (Phi) is 6.62. The number of halogens is 1. The van der Waals surface area contributed by atoms with Crippen LogP contribution in [0.25, 0.3) is 0 Å². The van der Waals surface area contributed by atoms with E-state index in [0.29, 0.717) is 18.4 Å². The van der Waals surface area contributed by atoms with Crippen LogP contribution in [-0.2, 0) is 26.7 Å². The lowest BCUT2D eigenvalue weighted by Crippen LogP contribution is -2.48. The van der Waals surface area contributed by atoms with Crippen molar-refractivity contribution >= 4 is 33.2 Å². The minimum atomic E-state index is -4.00. The lowest BCUT2D eigenvalue weighted by Gasteiger charge is -2.44. The monoisotopic (exact) mass is 582 g/mol. The van der Waals surface area contributed by atoms with Gasteiger partial charge in [-0.1, -0.05) is 43.4 Å². The first-order valence-electron chi connectivity index (χ1n) is 15.2. The molecule has 0 unspecified atom stereocenters. The molecule has 3 atom stereocenters. The Hall–Kier alpha value is -2.25. The molecule has 5 aliphatic rings. The van der Waals surface area contributed by atoms with Gasteiger partial charge in [0.15, 0.2) is 0 Å². The molecule has 7 rings (SSSR count). The van der Waals surface area contributed by atoms with Crippen LogP contribution in [0, 0.1) is 17.3 Å². The Morgan fingerprint density at radius 1 is 0.900 bits per heavy atom. The maximum Gasteiger partial charge on any atom is 0.264 e. The molecule has 2 aromatic carbocycles. The Balaban J connectivity index is 1.29. The van der Waals surface area contributed by atoms with Crippen LogP contribution in [0.1, 0.15) is 81.8 Å². The highest BCUT2D eigenvalue weighted by atomic mass is 35.5. The van der Waals surface area contributed by atoms with E-state index in [0.717, 1.165) is 80.9 Å². The molecule has 6 nitrogen and oxygen atoms in total. The lowest BCUT2D eigenvalue weighted by atomic mass is 9.68. The van der Waals surface area contributed by atoms with E-state index in [1.54, 1.807) is 18.2 Å². The number of amides is 1. The van der Waals surface area contributed by atoms with E-state index < -0.39 is 15.4 Å². The highest BCUT2D eigenvalue weighted by Crippen LogP contribution is 2.51. The molecule has 2 bridgehead atoms. The topological polar surface area (TPSA) is 75.7 Å². The quantitative estimate of drug-likeness (QED) is 0.390. The van der Waals surface area contributed by atoms with Crippen molar-refractivity contribution in [1.82, 2.24) is 4.72 Å². The molecule has 0 radical (unpaired) electrons. The lowest BCUT2D eigenvalue weighted by molar-refractivity contribution is -0.124. The van der Waals surface area contributed by atoms with Crippen LogP contribution in [-0.4, -0.2) is 34.0 Å². The van der Waals surface area contributed by atoms with Crippen LogP contribution in [0.2, 0.25) is 5.02 Å². The van der Waals surface area contributed by atoms with E-state index in [1.807, 2.05) is 6.07 Å². The first-order chi connectivity index (χ1) is 19.3. The van der Waals surface area contributed by atoms with Crippen molar-refractivity contribution in [3.05, 3.63) is 52.5 Å². The highest BCUT2D eigenvalue weighted by Gasteiger charge is 2.50. The molecule has 2 spiro atoms. The fourth-order valence-electron chi connectivity index (χ4n) is 7.88. The number of hydrogen-bond acceptors (Lipinski definition) is 5. The van der Waals surface area contributed by atoms with E-state index in [-0.39, 0.29) is 16.2 Å². The normalized spacial score (nSPS) is 30.7. The van der Waals surface area contributed by atoms with E-state index >= 15 is 0 Å². The van der Waals surface area contributed by atoms with Crippen molar-refractivity contribution in [1.29, 1.82) is 0 Å². The van der Waals surface area contributed by atoms with E-state index in [4.69, 9.17) is 16.3 Å². The average Bonchev–Trinajstić information content (AvgIpc) is 3.73. The summed E-state index contributed by atoms with van der Waals surface area (Å²) in [6.07, 6.45) is 12.4. The number of fused-ring (bicyclic) bond motifs is 4. The summed E-state index contributed by atoms with van der Waals surface area (Å²) < 4.78 is 36.0. The van der Waals surface area contributed by atoms with Crippen LogP contribution in [0.15, 0.2) is 41.3 Å². The molecular weight excluding hydrogens is 544 g/mol. The maximum absolute atomic E-state index is 13.5. The Bertz CT molecular complexity index is 1440. The Morgan fingerprint density at radius 3 is 2.52 bits per heavy atom. The third kappa shape index (κ3) is 4.71. The zero-order chi connectivity index (χ0) is 27.5. The van der Waals surface area contributed by atoms with E-state index in [2.05, 4.69) is 21.8 Å². The van der Waals surface area contributed by atoms with E-state index in [9.17, 15) is 13.2 Å². The first-order valence-corrected chi connectivity index (χ1v) is 17.0. The largest absolute Gasteiger partial charge is 0.490 e. The number of anilines is 1. The van der Waals surface area contributed by atoms with Crippen LogP contribution in [0.5, 0.6) is 5.75 Å². The van der Waals surface area contributed by atoms with E-state index in [1.165, 1.54) is 36.8 Å². The molecule has 40 heavy (non-hydrogen) atoms. The predicted octanol–water partition coefficient (Wildman–Crippen LogP) is 6.39. The molecule has 2 aliphatic heterocycles. The Morgan fingerprint density at radius 2 is 1.73 bits per heavy atom. The molecule has 2 saturated carbocycles. The SMILES string of the molecule is O=C1NS(=O)(=O)c2ccc3c(c2)N(C[C@@H]2CC[C@H]2CCCCCC12CC2)C[C@@]1(CCCc2cc(Cl)ccc21)CO3. The summed E-state index contributed by atoms with van der Waals surface area (Å²) in [5.41, 5.74) is 2.73. The molecule has 2 aromatic rings. The molecule has 0 saturated heterocycles. The summed E-state index contributed by atoms with van der Waals surface area (Å²) in [5.74, 6) is 1.69. The van der Waals surface area contributed by atoms with Gasteiger partial charge in [0.2, 0.25) is 5.91 Å². The van der Waals surface area contributed by atoms with Crippen molar-refractivity contribution in [2.45, 2.75) is 87.4 Å². The van der Waals surface area contributed by atoms with Crippen LogP contribution in [0.3, 0.4) is 0 Å². The van der Waals surface area contributed by atoms with Crippen molar-refractivity contribution in [3.63, 3.8) is 0 Å². The number of sulfonamides is 1. The summed E-state index contributed by atoms with van der Waals surface area (Å²) in [6.45, 7) is 2.21. The number of benzene rings is 2. The van der Waals surface area contributed by atoms with Gasteiger partial charge >= 0.3 is 0 Å². The highest BCUT2D eigenvalue weighted by molar-refractivity contribution is 7.90. The van der Waals surface area contributed by atoms with Gasteiger partial charge in [-0.15, -0.1) is 0 Å². The summed E-state index contributed by atoms with van der Waals surface area (Å²) in [4.78, 5) is 15.7. The van der Waals surface area contributed by atoms with Crippen molar-refractivity contribution < 1.29 is 17.9 Å². The number of carbonyl (C=O) groups excluding carboxylic acids is 1. The van der Waals surface area contributed by atoms with Gasteiger partial charge in [-0.2, -0.15) is 0 Å². The Labute approximate surface area is 242 Å². The second-order valence-corrected chi connectivity index (χ2v) is 15.3. The zero-order valence-electron chi connectivity index (χ0n) is 23.1. The number of nitrogens with one attached hydrogen (secondary N) is 1. The summed E-state index contributed by atoms with van der Waals surface area (Å²) in [5, 5.41) is 0.765. The molecular formula is C32H39ClN2O4S. The average molecular weight is 583 g/mol. The molecule has 2 fully saturated rings. The number of hydrogen-bond donors (Lipinski definition) is 1. The van der Waals surface area contributed by atoms with Gasteiger partial charge in [-0.3, -0.25) is 4.79 Å². The standard InChI is InChI=1S/C32H39ClN2O4S/c33-25-9-11-27-23(17-25)6-4-14-32(27)20-35-19-24-8-7-22(24)5-2-1-3-13-31(15-16-31)30(36)34-40(37,38)26-10-12-29(39-21-32)28(35)18-26/h9-12,17-18,22,24H,1-8,13-16,19-21H2,(H,34,36)/t22-,24+,32+/m1/s1. The van der Waals surface area contributed by atoms with Crippen LogP contribution in [0.4, 0.5) is 5.69 Å². The van der Waals surface area contributed by atoms with Crippen molar-refractivity contribution in [2.75, 3.05) is 24.6 Å². The number of nitrogens with zero attached hydrogens (tertiary/aromatic N) is 1. The minimum absolute atomic E-state index is 0.132. The molecule has 3 aliphatic carbocycles. The van der Waals surface area contributed by atoms with Crippen LogP contribution < -0.4 is 14.4 Å². The number of aryl methyl sites for hydroxylation is 1. The second-order valence-electron chi connectivity index (χ2n) is 13.1. The maximum atomic E-state index is 13.5. The number of ether oxygens (including phenoxy) is 1. The smallest absolute Gasteiger partial charge is 0.264 e. The summed E-state index contributed by atoms with van der Waals surface area (Å²) in [7, 11) is -4.00. The van der Waals surface area contributed by atoms with Gasteiger partial charge in [0.05, 0.1) is 22.6 Å².